The van der Waals surface area contributed by atoms with E-state index >= 15 is 0 Å². The van der Waals surface area contributed by atoms with Crippen molar-refractivity contribution in [3.05, 3.63) is 30.4 Å². The summed E-state index contributed by atoms with van der Waals surface area (Å²) < 4.78 is 5.13. The van der Waals surface area contributed by atoms with E-state index in [9.17, 15) is 9.59 Å². The molecule has 1 aromatic rings. The summed E-state index contributed by atoms with van der Waals surface area (Å²) in [5.74, 6) is 0.101. The smallest absolute Gasteiger partial charge is 0.248 e. The van der Waals surface area contributed by atoms with E-state index in [0.717, 1.165) is 0 Å². The summed E-state index contributed by atoms with van der Waals surface area (Å²) in [5, 5.41) is 5.31. The first kappa shape index (κ1) is 13.8. The Bertz CT molecular complexity index is 481. The highest BCUT2D eigenvalue weighted by molar-refractivity contribution is 6.01. The molecule has 18 heavy (non-hydrogen) atoms. The highest BCUT2D eigenvalue weighted by Crippen LogP contribution is 2.27. The van der Waals surface area contributed by atoms with Gasteiger partial charge in [0.1, 0.15) is 5.75 Å². The van der Waals surface area contributed by atoms with Crippen LogP contribution in [0.25, 0.3) is 0 Å². The van der Waals surface area contributed by atoms with Crippen molar-refractivity contribution >= 4 is 23.2 Å². The predicted molar refractivity (Wildman–Crippen MR) is 70.7 cm³/mol. The van der Waals surface area contributed by atoms with Crippen molar-refractivity contribution in [3.8, 4) is 5.75 Å². The van der Waals surface area contributed by atoms with E-state index in [1.165, 1.54) is 20.1 Å². The summed E-state index contributed by atoms with van der Waals surface area (Å²) in [6.45, 7) is 3.17. The summed E-state index contributed by atoms with van der Waals surface area (Å²) in [6, 6.07) is 5.02. The number of anilines is 2. The van der Waals surface area contributed by atoms with Gasteiger partial charge < -0.3 is 15.4 Å². The molecule has 0 saturated heterocycles. The molecule has 0 unspecified atom stereocenters. The van der Waals surface area contributed by atoms with Crippen molar-refractivity contribution in [1.29, 1.82) is 0 Å². The molecule has 5 nitrogen and oxygen atoms in total. The summed E-state index contributed by atoms with van der Waals surface area (Å²) in [4.78, 5) is 22.4. The summed E-state index contributed by atoms with van der Waals surface area (Å²) in [6.07, 6.45) is 3.05. The van der Waals surface area contributed by atoms with E-state index in [0.29, 0.717) is 17.1 Å². The third-order valence-electron chi connectivity index (χ3n) is 2.10. The van der Waals surface area contributed by atoms with Crippen molar-refractivity contribution in [3.63, 3.8) is 0 Å². The van der Waals surface area contributed by atoms with Gasteiger partial charge in [-0.3, -0.25) is 9.59 Å². The van der Waals surface area contributed by atoms with Crippen LogP contribution in [0.3, 0.4) is 0 Å². The standard InChI is InChI=1S/C13H16N2O3/c1-4-5-13(17)15-11-8-10(14-9(2)16)6-7-12(11)18-3/h4-8H,1-3H3,(H,14,16)(H,15,17). The first-order valence-electron chi connectivity index (χ1n) is 5.46. The van der Waals surface area contributed by atoms with Crippen LogP contribution in [0.2, 0.25) is 0 Å². The first-order chi connectivity index (χ1) is 8.56. The van der Waals surface area contributed by atoms with Crippen molar-refractivity contribution < 1.29 is 14.3 Å². The van der Waals surface area contributed by atoms with E-state index in [1.54, 1.807) is 31.2 Å². The largest absolute Gasteiger partial charge is 0.495 e. The fraction of sp³-hybridized carbons (Fsp3) is 0.231. The van der Waals surface area contributed by atoms with Gasteiger partial charge in [0.25, 0.3) is 0 Å². The van der Waals surface area contributed by atoms with Gasteiger partial charge >= 0.3 is 0 Å². The highest BCUT2D eigenvalue weighted by atomic mass is 16.5. The molecule has 96 valence electrons. The number of carbonyl (C=O) groups excluding carboxylic acids is 2. The Kier molecular flexibility index (Phi) is 4.92. The van der Waals surface area contributed by atoms with Gasteiger partial charge in [0, 0.05) is 12.6 Å². The lowest BCUT2D eigenvalue weighted by atomic mass is 10.2. The van der Waals surface area contributed by atoms with Gasteiger partial charge in [-0.1, -0.05) is 6.08 Å². The molecule has 0 saturated carbocycles. The van der Waals surface area contributed by atoms with Gasteiger partial charge in [0.15, 0.2) is 0 Å². The number of allylic oxidation sites excluding steroid dienone is 1. The number of rotatable bonds is 4. The molecule has 0 aliphatic carbocycles. The number of nitrogens with one attached hydrogen (secondary N) is 2. The van der Waals surface area contributed by atoms with Crippen molar-refractivity contribution in [2.45, 2.75) is 13.8 Å². The molecule has 5 heteroatoms. The number of hydrogen-bond donors (Lipinski definition) is 2. The quantitative estimate of drug-likeness (QED) is 0.802. The topological polar surface area (TPSA) is 67.4 Å². The Balaban J connectivity index is 2.98. The Labute approximate surface area is 106 Å². The molecular formula is C13H16N2O3. The fourth-order valence-corrected chi connectivity index (χ4v) is 1.41. The third-order valence-corrected chi connectivity index (χ3v) is 2.10. The van der Waals surface area contributed by atoms with E-state index in [4.69, 9.17) is 4.74 Å². The molecular weight excluding hydrogens is 232 g/mol. The number of hydrogen-bond acceptors (Lipinski definition) is 3. The van der Waals surface area contributed by atoms with E-state index in [1.807, 2.05) is 0 Å². The molecule has 0 heterocycles. The second-order valence-corrected chi connectivity index (χ2v) is 3.59. The Morgan fingerprint density at radius 3 is 2.56 bits per heavy atom. The van der Waals surface area contributed by atoms with Gasteiger partial charge in [-0.25, -0.2) is 0 Å². The predicted octanol–water partition coefficient (Wildman–Crippen LogP) is 2.17. The van der Waals surface area contributed by atoms with Gasteiger partial charge in [-0.2, -0.15) is 0 Å². The molecule has 0 bridgehead atoms. The van der Waals surface area contributed by atoms with Crippen LogP contribution in [0.5, 0.6) is 5.75 Å². The first-order valence-corrected chi connectivity index (χ1v) is 5.46. The molecule has 0 fully saturated rings. The molecule has 0 aliphatic heterocycles. The molecule has 0 aliphatic rings. The third kappa shape index (κ3) is 3.93. The van der Waals surface area contributed by atoms with E-state index in [-0.39, 0.29) is 11.8 Å². The zero-order chi connectivity index (χ0) is 13.5. The minimum Gasteiger partial charge on any atom is -0.495 e. The molecule has 0 radical (unpaired) electrons. The summed E-state index contributed by atoms with van der Waals surface area (Å²) in [5.41, 5.74) is 1.10. The Morgan fingerprint density at radius 1 is 1.28 bits per heavy atom. The average Bonchev–Trinajstić information content (AvgIpc) is 2.28. The number of benzene rings is 1. The zero-order valence-corrected chi connectivity index (χ0v) is 10.6. The highest BCUT2D eigenvalue weighted by Gasteiger charge is 2.07. The van der Waals surface area contributed by atoms with Crippen LogP contribution < -0.4 is 15.4 Å². The van der Waals surface area contributed by atoms with E-state index < -0.39 is 0 Å². The normalized spacial score (nSPS) is 10.2. The average molecular weight is 248 g/mol. The van der Waals surface area contributed by atoms with Crippen molar-refractivity contribution in [2.24, 2.45) is 0 Å². The number of amides is 2. The summed E-state index contributed by atoms with van der Waals surface area (Å²) >= 11 is 0. The van der Waals surface area contributed by atoms with Crippen LogP contribution in [0, 0.1) is 0 Å². The lowest BCUT2D eigenvalue weighted by Gasteiger charge is -2.11. The van der Waals surface area contributed by atoms with Crippen LogP contribution >= 0.6 is 0 Å². The van der Waals surface area contributed by atoms with Gasteiger partial charge in [-0.15, -0.1) is 0 Å². The molecule has 1 rings (SSSR count). The number of carbonyl (C=O) groups is 2. The van der Waals surface area contributed by atoms with Crippen molar-refractivity contribution in [2.75, 3.05) is 17.7 Å². The molecule has 2 amide bonds. The van der Waals surface area contributed by atoms with Gasteiger partial charge in [-0.05, 0) is 31.2 Å². The van der Waals surface area contributed by atoms with Crippen LogP contribution in [0.1, 0.15) is 13.8 Å². The lowest BCUT2D eigenvalue weighted by molar-refractivity contribution is -0.114. The maximum Gasteiger partial charge on any atom is 0.248 e. The Morgan fingerprint density at radius 2 is 2.00 bits per heavy atom. The molecule has 0 spiro atoms. The molecule has 0 aromatic heterocycles. The SMILES string of the molecule is CC=CC(=O)Nc1cc(NC(C)=O)ccc1OC. The second-order valence-electron chi connectivity index (χ2n) is 3.59. The van der Waals surface area contributed by atoms with Crippen LogP contribution in [0.15, 0.2) is 30.4 Å². The zero-order valence-electron chi connectivity index (χ0n) is 10.6. The maximum atomic E-state index is 11.5. The van der Waals surface area contributed by atoms with Crippen LogP contribution in [-0.2, 0) is 9.59 Å². The minimum absolute atomic E-state index is 0.175. The lowest BCUT2D eigenvalue weighted by Crippen LogP contribution is -2.10. The molecule has 2 N–H and O–H groups in total. The minimum atomic E-state index is -0.254. The van der Waals surface area contributed by atoms with E-state index in [2.05, 4.69) is 10.6 Å². The van der Waals surface area contributed by atoms with Crippen LogP contribution in [-0.4, -0.2) is 18.9 Å². The Hall–Kier alpha value is -2.30. The van der Waals surface area contributed by atoms with Gasteiger partial charge in [0.05, 0.1) is 12.8 Å². The monoisotopic (exact) mass is 248 g/mol. The second kappa shape index (κ2) is 6.44. The number of ether oxygens (including phenoxy) is 1. The van der Waals surface area contributed by atoms with Crippen molar-refractivity contribution in [1.82, 2.24) is 0 Å². The summed E-state index contributed by atoms with van der Waals surface area (Å²) in [7, 11) is 1.51. The van der Waals surface area contributed by atoms with Crippen LogP contribution in [0.4, 0.5) is 11.4 Å². The molecule has 0 atom stereocenters. The van der Waals surface area contributed by atoms with Gasteiger partial charge in [0.2, 0.25) is 11.8 Å². The fourth-order valence-electron chi connectivity index (χ4n) is 1.41. The molecule has 1 aromatic carbocycles. The number of methoxy groups -OCH3 is 1. The maximum absolute atomic E-state index is 11.5.